The minimum absolute atomic E-state index is 0.000862. The lowest BCUT2D eigenvalue weighted by atomic mass is 10.0. The van der Waals surface area contributed by atoms with E-state index in [1.54, 1.807) is 6.07 Å². The van der Waals surface area contributed by atoms with E-state index in [9.17, 15) is 9.90 Å². The predicted octanol–water partition coefficient (Wildman–Crippen LogP) is 1.14. The highest BCUT2D eigenvalue weighted by atomic mass is 16.3. The first-order chi connectivity index (χ1) is 7.97. The number of nitrogens with two attached hydrogens (primary N) is 1. The van der Waals surface area contributed by atoms with Crippen LogP contribution < -0.4 is 11.1 Å². The zero-order valence-electron chi connectivity index (χ0n) is 10.2. The molecule has 0 aliphatic heterocycles. The molecule has 4 N–H and O–H groups in total. The highest BCUT2D eigenvalue weighted by Crippen LogP contribution is 2.35. The molecule has 17 heavy (non-hydrogen) atoms. The van der Waals surface area contributed by atoms with Crippen LogP contribution in [0.5, 0.6) is 0 Å². The van der Waals surface area contributed by atoms with Crippen LogP contribution in [0, 0.1) is 13.8 Å². The van der Waals surface area contributed by atoms with Crippen LogP contribution in [-0.2, 0) is 0 Å². The van der Waals surface area contributed by atoms with E-state index in [0.29, 0.717) is 11.3 Å². The molecule has 4 heteroatoms. The van der Waals surface area contributed by atoms with Gasteiger partial charge in [-0.25, -0.2) is 0 Å². The lowest BCUT2D eigenvalue weighted by molar-refractivity contribution is 0.0906. The van der Waals surface area contributed by atoms with Gasteiger partial charge < -0.3 is 16.2 Å². The van der Waals surface area contributed by atoms with Crippen molar-refractivity contribution >= 4 is 11.6 Å². The topological polar surface area (TPSA) is 75.3 Å². The first-order valence-corrected chi connectivity index (χ1v) is 5.77. The van der Waals surface area contributed by atoms with Crippen molar-refractivity contribution in [2.75, 3.05) is 12.3 Å². The highest BCUT2D eigenvalue weighted by molar-refractivity contribution is 5.97. The number of aliphatic hydroxyl groups is 1. The maximum absolute atomic E-state index is 12.1. The molecule has 0 spiro atoms. The molecule has 1 amide bonds. The van der Waals surface area contributed by atoms with Gasteiger partial charge >= 0.3 is 0 Å². The summed E-state index contributed by atoms with van der Waals surface area (Å²) in [5, 5.41) is 12.1. The van der Waals surface area contributed by atoms with Gasteiger partial charge in [-0.2, -0.15) is 0 Å². The summed E-state index contributed by atoms with van der Waals surface area (Å²) in [4.78, 5) is 12.1. The molecule has 92 valence electrons. The Labute approximate surface area is 101 Å². The molecule has 0 aromatic heterocycles. The van der Waals surface area contributed by atoms with Crippen molar-refractivity contribution < 1.29 is 9.90 Å². The van der Waals surface area contributed by atoms with Crippen molar-refractivity contribution in [1.29, 1.82) is 0 Å². The summed E-state index contributed by atoms with van der Waals surface area (Å²) in [6.45, 7) is 3.80. The molecule has 1 saturated carbocycles. The number of nitrogens with one attached hydrogen (secondary N) is 1. The number of aryl methyl sites for hydroxylation is 2. The molecule has 0 unspecified atom stereocenters. The third-order valence-electron chi connectivity index (χ3n) is 3.39. The van der Waals surface area contributed by atoms with Gasteiger partial charge in [0.15, 0.2) is 0 Å². The Morgan fingerprint density at radius 2 is 2.06 bits per heavy atom. The van der Waals surface area contributed by atoms with Crippen molar-refractivity contribution in [3.63, 3.8) is 0 Å². The number of hydrogen-bond donors (Lipinski definition) is 3. The zero-order valence-corrected chi connectivity index (χ0v) is 10.2. The smallest absolute Gasteiger partial charge is 0.252 e. The fourth-order valence-electron chi connectivity index (χ4n) is 1.90. The predicted molar refractivity (Wildman–Crippen MR) is 66.8 cm³/mol. The molecule has 2 rings (SSSR count). The molecule has 4 nitrogen and oxygen atoms in total. The second kappa shape index (κ2) is 4.04. The minimum Gasteiger partial charge on any atom is -0.398 e. The van der Waals surface area contributed by atoms with Crippen molar-refractivity contribution in [3.8, 4) is 0 Å². The van der Waals surface area contributed by atoms with Gasteiger partial charge in [-0.15, -0.1) is 0 Å². The van der Waals surface area contributed by atoms with Gasteiger partial charge in [0, 0.05) is 11.3 Å². The number of carbonyl (C=O) groups is 1. The summed E-state index contributed by atoms with van der Waals surface area (Å²) in [5.74, 6) is -0.152. The number of aliphatic hydroxyl groups excluding tert-OH is 1. The van der Waals surface area contributed by atoms with Crippen LogP contribution in [-0.4, -0.2) is 23.2 Å². The summed E-state index contributed by atoms with van der Waals surface area (Å²) in [6.07, 6.45) is 1.69. The molecule has 0 saturated heterocycles. The van der Waals surface area contributed by atoms with E-state index in [1.165, 1.54) is 0 Å². The minimum atomic E-state index is -0.386. The molecular weight excluding hydrogens is 216 g/mol. The van der Waals surface area contributed by atoms with Gasteiger partial charge in [0.2, 0.25) is 0 Å². The average Bonchev–Trinajstić information content (AvgIpc) is 3.04. The standard InChI is InChI=1S/C13H18N2O2/c1-8-5-9(2)11(14)6-10(8)12(17)15-13(7-16)3-4-13/h5-6,16H,3-4,7,14H2,1-2H3,(H,15,17). The normalized spacial score (nSPS) is 16.6. The van der Waals surface area contributed by atoms with Crippen LogP contribution in [0.25, 0.3) is 0 Å². The largest absolute Gasteiger partial charge is 0.398 e. The van der Waals surface area contributed by atoms with E-state index in [-0.39, 0.29) is 18.1 Å². The Morgan fingerprint density at radius 1 is 1.41 bits per heavy atom. The number of amides is 1. The second-order valence-electron chi connectivity index (χ2n) is 4.92. The fourth-order valence-corrected chi connectivity index (χ4v) is 1.90. The van der Waals surface area contributed by atoms with E-state index in [2.05, 4.69) is 5.32 Å². The monoisotopic (exact) mass is 234 g/mol. The van der Waals surface area contributed by atoms with Crippen molar-refractivity contribution in [1.82, 2.24) is 5.32 Å². The average molecular weight is 234 g/mol. The van der Waals surface area contributed by atoms with Crippen molar-refractivity contribution in [2.24, 2.45) is 0 Å². The van der Waals surface area contributed by atoms with Crippen LogP contribution in [0.1, 0.15) is 34.3 Å². The Kier molecular flexibility index (Phi) is 2.83. The summed E-state index contributed by atoms with van der Waals surface area (Å²) >= 11 is 0. The first kappa shape index (κ1) is 11.9. The number of benzene rings is 1. The van der Waals surface area contributed by atoms with Crippen molar-refractivity contribution in [3.05, 3.63) is 28.8 Å². The molecular formula is C13H18N2O2. The molecule has 1 aromatic carbocycles. The zero-order chi connectivity index (χ0) is 12.6. The number of hydrogen-bond acceptors (Lipinski definition) is 3. The summed E-state index contributed by atoms with van der Waals surface area (Å²) < 4.78 is 0. The van der Waals surface area contributed by atoms with Crippen molar-refractivity contribution in [2.45, 2.75) is 32.2 Å². The SMILES string of the molecule is Cc1cc(C)c(C(=O)NC2(CO)CC2)cc1N. The lowest BCUT2D eigenvalue weighted by Gasteiger charge is -2.16. The Bertz CT molecular complexity index is 465. The van der Waals surface area contributed by atoms with Gasteiger partial charge in [-0.1, -0.05) is 6.07 Å². The number of nitrogen functional groups attached to an aromatic ring is 1. The number of rotatable bonds is 3. The molecule has 0 atom stereocenters. The molecule has 1 aliphatic carbocycles. The van der Waals surface area contributed by atoms with Crippen LogP contribution in [0.3, 0.4) is 0 Å². The molecule has 0 radical (unpaired) electrons. The molecule has 1 aromatic rings. The summed E-state index contributed by atoms with van der Waals surface area (Å²) in [6, 6.07) is 3.61. The van der Waals surface area contributed by atoms with Gasteiger partial charge in [-0.05, 0) is 43.9 Å². The van der Waals surface area contributed by atoms with E-state index in [4.69, 9.17) is 5.73 Å². The van der Waals surface area contributed by atoms with E-state index in [1.807, 2.05) is 19.9 Å². The third-order valence-corrected chi connectivity index (χ3v) is 3.39. The molecule has 0 bridgehead atoms. The summed E-state index contributed by atoms with van der Waals surface area (Å²) in [7, 11) is 0. The van der Waals surface area contributed by atoms with Gasteiger partial charge in [0.25, 0.3) is 5.91 Å². The Balaban J connectivity index is 2.22. The van der Waals surface area contributed by atoms with Crippen LogP contribution in [0.2, 0.25) is 0 Å². The Hall–Kier alpha value is -1.55. The number of carbonyl (C=O) groups excluding carboxylic acids is 1. The third kappa shape index (κ3) is 2.26. The van der Waals surface area contributed by atoms with E-state index < -0.39 is 0 Å². The second-order valence-corrected chi connectivity index (χ2v) is 4.92. The van der Waals surface area contributed by atoms with Crippen LogP contribution in [0.15, 0.2) is 12.1 Å². The summed E-state index contributed by atoms with van der Waals surface area (Å²) in [5.41, 5.74) is 8.51. The van der Waals surface area contributed by atoms with E-state index in [0.717, 1.165) is 24.0 Å². The first-order valence-electron chi connectivity index (χ1n) is 5.77. The molecule has 1 fully saturated rings. The fraction of sp³-hybridized carbons (Fsp3) is 0.462. The maximum Gasteiger partial charge on any atom is 0.252 e. The molecule has 0 heterocycles. The highest BCUT2D eigenvalue weighted by Gasteiger charge is 2.43. The maximum atomic E-state index is 12.1. The Morgan fingerprint density at radius 3 is 2.59 bits per heavy atom. The van der Waals surface area contributed by atoms with Gasteiger partial charge in [0.05, 0.1) is 12.1 Å². The van der Waals surface area contributed by atoms with Gasteiger partial charge in [-0.3, -0.25) is 4.79 Å². The quantitative estimate of drug-likeness (QED) is 0.686. The van der Waals surface area contributed by atoms with Crippen LogP contribution in [0.4, 0.5) is 5.69 Å². The van der Waals surface area contributed by atoms with E-state index >= 15 is 0 Å². The van der Waals surface area contributed by atoms with Gasteiger partial charge in [0.1, 0.15) is 0 Å². The molecule has 1 aliphatic rings. The number of anilines is 1. The lowest BCUT2D eigenvalue weighted by Crippen LogP contribution is -2.39. The van der Waals surface area contributed by atoms with Crippen LogP contribution >= 0.6 is 0 Å².